The van der Waals surface area contributed by atoms with Crippen LogP contribution in [0.3, 0.4) is 0 Å². The highest BCUT2D eigenvalue weighted by Crippen LogP contribution is 2.39. The summed E-state index contributed by atoms with van der Waals surface area (Å²) in [6.45, 7) is 6.31. The molecule has 1 aromatic carbocycles. The third kappa shape index (κ3) is 5.56. The normalized spacial score (nSPS) is 16.7. The molecule has 122 valence electrons. The molecule has 7 heteroatoms. The van der Waals surface area contributed by atoms with E-state index in [1.165, 1.54) is 0 Å². The zero-order valence-electron chi connectivity index (χ0n) is 11.9. The van der Waals surface area contributed by atoms with Crippen molar-refractivity contribution in [3.05, 3.63) is 26.6 Å². The van der Waals surface area contributed by atoms with Crippen molar-refractivity contribution < 1.29 is 5.11 Å². The van der Waals surface area contributed by atoms with Crippen LogP contribution in [-0.4, -0.2) is 36.2 Å². The van der Waals surface area contributed by atoms with Crippen molar-refractivity contribution in [2.45, 2.75) is 25.8 Å². The minimum absolute atomic E-state index is 0. The Balaban J connectivity index is 0.00000200. The summed E-state index contributed by atoms with van der Waals surface area (Å²) in [6.07, 6.45) is 2.18. The van der Waals surface area contributed by atoms with Gasteiger partial charge in [0.25, 0.3) is 0 Å². The first-order valence-electron chi connectivity index (χ1n) is 6.76. The Bertz CT molecular complexity index is 443. The lowest BCUT2D eigenvalue weighted by Gasteiger charge is -2.35. The van der Waals surface area contributed by atoms with Crippen LogP contribution >= 0.6 is 56.7 Å². The van der Waals surface area contributed by atoms with Crippen molar-refractivity contribution in [1.29, 1.82) is 0 Å². The van der Waals surface area contributed by atoms with Crippen molar-refractivity contribution in [3.8, 4) is 5.75 Å². The van der Waals surface area contributed by atoms with Gasteiger partial charge in [-0.25, -0.2) is 0 Å². The smallest absolute Gasteiger partial charge is 0.134 e. The number of benzene rings is 1. The fraction of sp³-hybridized carbons (Fsp3) is 0.571. The molecule has 1 aromatic rings. The molecule has 0 spiro atoms. The Kier molecular flexibility index (Phi) is 10.5. The molecule has 1 fully saturated rings. The zero-order valence-corrected chi connectivity index (χ0v) is 16.7. The zero-order chi connectivity index (χ0) is 13.8. The molecule has 0 bridgehead atoms. The average Bonchev–Trinajstić information content (AvgIpc) is 2.41. The number of rotatable bonds is 4. The first-order valence-corrected chi connectivity index (χ1v) is 8.34. The van der Waals surface area contributed by atoms with Crippen molar-refractivity contribution >= 4 is 56.7 Å². The Morgan fingerprint density at radius 3 is 2.43 bits per heavy atom. The van der Waals surface area contributed by atoms with Crippen molar-refractivity contribution in [2.75, 3.05) is 26.2 Å². The summed E-state index contributed by atoms with van der Waals surface area (Å²) in [5.74, 6) is 0.375. The lowest BCUT2D eigenvalue weighted by Crippen LogP contribution is -2.45. The summed E-state index contributed by atoms with van der Waals surface area (Å²) >= 11 is 6.95. The van der Waals surface area contributed by atoms with Gasteiger partial charge >= 0.3 is 0 Å². The van der Waals surface area contributed by atoms with E-state index >= 15 is 0 Å². The topological polar surface area (TPSA) is 35.5 Å². The quantitative estimate of drug-likeness (QED) is 0.688. The van der Waals surface area contributed by atoms with Crippen LogP contribution in [0.25, 0.3) is 0 Å². The van der Waals surface area contributed by atoms with Crippen molar-refractivity contribution in [3.63, 3.8) is 0 Å². The maximum absolute atomic E-state index is 10.3. The van der Waals surface area contributed by atoms with E-state index in [0.29, 0.717) is 11.8 Å². The lowest BCUT2D eigenvalue weighted by molar-refractivity contribution is 0.162. The number of hydrogen-bond donors (Lipinski definition) is 2. The summed E-state index contributed by atoms with van der Waals surface area (Å²) in [6, 6.07) is 4.23. The van der Waals surface area contributed by atoms with Crippen molar-refractivity contribution in [2.24, 2.45) is 0 Å². The summed E-state index contributed by atoms with van der Waals surface area (Å²) < 4.78 is 1.76. The molecule has 0 radical (unpaired) electrons. The molecule has 1 atom stereocenters. The van der Waals surface area contributed by atoms with E-state index in [4.69, 9.17) is 0 Å². The minimum atomic E-state index is 0. The number of phenolic OH excluding ortho intramolecular Hbond substituents is 1. The summed E-state index contributed by atoms with van der Waals surface area (Å²) in [5, 5.41) is 13.7. The highest BCUT2D eigenvalue weighted by molar-refractivity contribution is 9.11. The summed E-state index contributed by atoms with van der Waals surface area (Å²) in [4.78, 5) is 2.47. The van der Waals surface area contributed by atoms with Crippen LogP contribution in [0.4, 0.5) is 0 Å². The Morgan fingerprint density at radius 1 is 1.24 bits per heavy atom. The van der Waals surface area contributed by atoms with Gasteiger partial charge < -0.3 is 10.4 Å². The molecule has 0 unspecified atom stereocenters. The van der Waals surface area contributed by atoms with E-state index in [1.54, 1.807) is 0 Å². The number of halogens is 4. The van der Waals surface area contributed by atoms with Crippen molar-refractivity contribution in [1.82, 2.24) is 10.2 Å². The first kappa shape index (κ1) is 21.5. The molecule has 2 rings (SSSR count). The number of piperazine rings is 1. The molecule has 1 heterocycles. The molecule has 3 nitrogen and oxygen atoms in total. The summed E-state index contributed by atoms with van der Waals surface area (Å²) in [7, 11) is 0. The second kappa shape index (κ2) is 10.3. The molecular weight excluding hydrogens is 443 g/mol. The van der Waals surface area contributed by atoms with Gasteiger partial charge in [0.1, 0.15) is 5.75 Å². The maximum Gasteiger partial charge on any atom is 0.134 e. The van der Waals surface area contributed by atoms with Gasteiger partial charge in [0.05, 0.1) is 4.47 Å². The van der Waals surface area contributed by atoms with E-state index in [0.717, 1.165) is 53.5 Å². The minimum Gasteiger partial charge on any atom is -0.506 e. The number of hydrogen-bond acceptors (Lipinski definition) is 3. The van der Waals surface area contributed by atoms with E-state index in [2.05, 4.69) is 49.0 Å². The van der Waals surface area contributed by atoms with Gasteiger partial charge in [-0.2, -0.15) is 0 Å². The second-order valence-corrected chi connectivity index (χ2v) is 6.69. The molecule has 0 amide bonds. The molecule has 0 aliphatic carbocycles. The van der Waals surface area contributed by atoms with Gasteiger partial charge in [-0.3, -0.25) is 4.90 Å². The second-order valence-electron chi connectivity index (χ2n) is 4.92. The van der Waals surface area contributed by atoms with Gasteiger partial charge in [-0.15, -0.1) is 24.8 Å². The summed E-state index contributed by atoms with van der Waals surface area (Å²) in [5.41, 5.74) is 1.02. The number of phenols is 1. The number of nitrogens with one attached hydrogen (secondary N) is 1. The van der Waals surface area contributed by atoms with Crippen LogP contribution in [0.1, 0.15) is 31.4 Å². The van der Waals surface area contributed by atoms with Crippen LogP contribution in [0.5, 0.6) is 5.75 Å². The Hall–Kier alpha value is 0.480. The van der Waals surface area contributed by atoms with Gasteiger partial charge in [0.2, 0.25) is 0 Å². The molecule has 0 saturated carbocycles. The van der Waals surface area contributed by atoms with Crippen LogP contribution in [0.15, 0.2) is 21.1 Å². The van der Waals surface area contributed by atoms with E-state index < -0.39 is 0 Å². The van der Waals surface area contributed by atoms with E-state index in [9.17, 15) is 5.11 Å². The third-order valence-corrected chi connectivity index (χ3v) is 4.63. The van der Waals surface area contributed by atoms with Crippen LogP contribution in [0, 0.1) is 0 Å². The van der Waals surface area contributed by atoms with Gasteiger partial charge in [0.15, 0.2) is 0 Å². The fourth-order valence-electron chi connectivity index (χ4n) is 2.64. The standard InChI is InChI=1S/C14H20Br2N2O.2ClH/c1-2-3-13(18-6-4-17-5-7-18)11-8-10(15)9-12(16)14(11)19;;/h8-9,13,17,19H,2-7H2,1H3;2*1H/t13-;;/m0../s1. The highest BCUT2D eigenvalue weighted by atomic mass is 79.9. The van der Waals surface area contributed by atoms with E-state index in [-0.39, 0.29) is 24.8 Å². The predicted octanol–water partition coefficient (Wildman–Crippen LogP) is 4.51. The Morgan fingerprint density at radius 2 is 1.86 bits per heavy atom. The predicted molar refractivity (Wildman–Crippen MR) is 100 cm³/mol. The molecule has 1 saturated heterocycles. The lowest BCUT2D eigenvalue weighted by atomic mass is 9.99. The number of nitrogens with zero attached hydrogens (tertiary/aromatic N) is 1. The van der Waals surface area contributed by atoms with Crippen LogP contribution < -0.4 is 5.32 Å². The molecular formula is C14H22Br2Cl2N2O. The van der Waals surface area contributed by atoms with Gasteiger partial charge in [0, 0.05) is 42.3 Å². The average molecular weight is 465 g/mol. The third-order valence-electron chi connectivity index (χ3n) is 3.57. The largest absolute Gasteiger partial charge is 0.506 e. The van der Waals surface area contributed by atoms with Crippen LogP contribution in [0.2, 0.25) is 0 Å². The van der Waals surface area contributed by atoms with Gasteiger partial charge in [-0.1, -0.05) is 29.3 Å². The molecule has 2 N–H and O–H groups in total. The Labute approximate surface area is 155 Å². The first-order chi connectivity index (χ1) is 9.13. The molecule has 1 aliphatic heterocycles. The van der Waals surface area contributed by atoms with Crippen LogP contribution in [-0.2, 0) is 0 Å². The molecule has 0 aromatic heterocycles. The fourth-order valence-corrected chi connectivity index (χ4v) is 3.90. The maximum atomic E-state index is 10.3. The monoisotopic (exact) mass is 462 g/mol. The molecule has 21 heavy (non-hydrogen) atoms. The SMILES string of the molecule is CCC[C@@H](c1cc(Br)cc(Br)c1O)N1CCNCC1.Cl.Cl. The highest BCUT2D eigenvalue weighted by Gasteiger charge is 2.24. The van der Waals surface area contributed by atoms with Gasteiger partial charge in [-0.05, 0) is 34.5 Å². The number of aromatic hydroxyl groups is 1. The molecule has 1 aliphatic rings. The van der Waals surface area contributed by atoms with E-state index in [1.807, 2.05) is 12.1 Å².